The Bertz CT molecular complexity index is 479. The molecule has 22 heavy (non-hydrogen) atoms. The quantitative estimate of drug-likeness (QED) is 0.507. The summed E-state index contributed by atoms with van der Waals surface area (Å²) in [6.07, 6.45) is 2.94. The van der Waals surface area contributed by atoms with E-state index < -0.39 is 0 Å². The van der Waals surface area contributed by atoms with Gasteiger partial charge in [-0.3, -0.25) is 9.59 Å². The molecule has 1 aromatic rings. The number of hydrogen-bond donors (Lipinski definition) is 1. The van der Waals surface area contributed by atoms with E-state index >= 15 is 0 Å². The summed E-state index contributed by atoms with van der Waals surface area (Å²) >= 11 is 3.36. The van der Waals surface area contributed by atoms with E-state index in [0.717, 1.165) is 29.5 Å². The zero-order valence-electron chi connectivity index (χ0n) is 12.8. The molecule has 0 bridgehead atoms. The number of amides is 1. The molecule has 0 saturated carbocycles. The topological polar surface area (TPSA) is 64.6 Å². The molecule has 0 aliphatic heterocycles. The first-order valence-corrected chi connectivity index (χ1v) is 8.15. The van der Waals surface area contributed by atoms with Crippen LogP contribution in [0.2, 0.25) is 0 Å². The van der Waals surface area contributed by atoms with Gasteiger partial charge in [-0.15, -0.1) is 0 Å². The maximum absolute atomic E-state index is 11.5. The molecule has 0 aliphatic carbocycles. The highest BCUT2D eigenvalue weighted by atomic mass is 79.9. The van der Waals surface area contributed by atoms with Gasteiger partial charge in [-0.1, -0.05) is 28.4 Å². The van der Waals surface area contributed by atoms with Gasteiger partial charge < -0.3 is 14.8 Å². The van der Waals surface area contributed by atoms with E-state index in [4.69, 9.17) is 9.47 Å². The van der Waals surface area contributed by atoms with E-state index in [2.05, 4.69) is 21.2 Å². The lowest BCUT2D eigenvalue weighted by Gasteiger charge is -2.07. The Morgan fingerprint density at radius 1 is 1.18 bits per heavy atom. The summed E-state index contributed by atoms with van der Waals surface area (Å²) in [6.45, 7) is 2.74. The van der Waals surface area contributed by atoms with Gasteiger partial charge in [-0.25, -0.2) is 0 Å². The zero-order chi connectivity index (χ0) is 16.2. The average molecular weight is 372 g/mol. The Hall–Kier alpha value is -1.56. The minimum absolute atomic E-state index is 0.0233. The van der Waals surface area contributed by atoms with Crippen LogP contribution in [0.15, 0.2) is 28.7 Å². The van der Waals surface area contributed by atoms with Gasteiger partial charge in [0.05, 0.1) is 0 Å². The van der Waals surface area contributed by atoms with Crippen LogP contribution >= 0.6 is 15.9 Å². The van der Waals surface area contributed by atoms with Crippen LogP contribution in [0.25, 0.3) is 0 Å². The molecule has 0 atom stereocenters. The molecule has 5 nitrogen and oxygen atoms in total. The summed E-state index contributed by atoms with van der Waals surface area (Å²) < 4.78 is 11.5. The van der Waals surface area contributed by atoms with E-state index in [1.807, 2.05) is 24.3 Å². The fourth-order valence-corrected chi connectivity index (χ4v) is 2.16. The molecule has 0 heterocycles. The van der Waals surface area contributed by atoms with E-state index in [0.29, 0.717) is 19.6 Å². The van der Waals surface area contributed by atoms with Gasteiger partial charge in [0.1, 0.15) is 19.0 Å². The van der Waals surface area contributed by atoms with Gasteiger partial charge in [0.15, 0.2) is 0 Å². The van der Waals surface area contributed by atoms with Crippen LogP contribution in [0.5, 0.6) is 5.75 Å². The smallest absolute Gasteiger partial charge is 0.305 e. The van der Waals surface area contributed by atoms with Crippen LogP contribution < -0.4 is 10.1 Å². The van der Waals surface area contributed by atoms with Gasteiger partial charge in [-0.05, 0) is 31.0 Å². The van der Waals surface area contributed by atoms with Gasteiger partial charge in [0.2, 0.25) is 5.91 Å². The Kier molecular flexibility index (Phi) is 9.30. The fraction of sp³-hybridized carbons (Fsp3) is 0.500. The molecule has 0 unspecified atom stereocenters. The highest BCUT2D eigenvalue weighted by Crippen LogP contribution is 2.17. The molecular weight excluding hydrogens is 350 g/mol. The summed E-state index contributed by atoms with van der Waals surface area (Å²) in [4.78, 5) is 22.1. The lowest BCUT2D eigenvalue weighted by atomic mass is 10.2. The van der Waals surface area contributed by atoms with Crippen molar-refractivity contribution in [1.82, 2.24) is 5.32 Å². The summed E-state index contributed by atoms with van der Waals surface area (Å²) in [6, 6.07) is 7.50. The van der Waals surface area contributed by atoms with Crippen molar-refractivity contribution < 1.29 is 19.1 Å². The molecule has 1 amide bonds. The average Bonchev–Trinajstić information content (AvgIpc) is 2.47. The Morgan fingerprint density at radius 3 is 2.73 bits per heavy atom. The van der Waals surface area contributed by atoms with E-state index in [1.165, 1.54) is 6.92 Å². The van der Waals surface area contributed by atoms with Crippen molar-refractivity contribution in [2.45, 2.75) is 32.6 Å². The SMILES string of the molecule is CC(=O)NCCCCCC(=O)OCCOc1cccc(Br)c1. The summed E-state index contributed by atoms with van der Waals surface area (Å²) in [7, 11) is 0. The van der Waals surface area contributed by atoms with Crippen LogP contribution in [0.1, 0.15) is 32.6 Å². The fourth-order valence-electron chi connectivity index (χ4n) is 1.78. The first kappa shape index (κ1) is 18.5. The van der Waals surface area contributed by atoms with Crippen molar-refractivity contribution in [2.24, 2.45) is 0 Å². The van der Waals surface area contributed by atoms with E-state index in [9.17, 15) is 9.59 Å². The third-order valence-electron chi connectivity index (χ3n) is 2.84. The molecule has 0 saturated heterocycles. The van der Waals surface area contributed by atoms with Gasteiger partial charge in [0.25, 0.3) is 0 Å². The molecule has 0 fully saturated rings. The number of nitrogens with one attached hydrogen (secondary N) is 1. The van der Waals surface area contributed by atoms with Gasteiger partial charge in [-0.2, -0.15) is 0 Å². The Balaban J connectivity index is 1.98. The molecule has 122 valence electrons. The van der Waals surface area contributed by atoms with Gasteiger partial charge in [0, 0.05) is 24.4 Å². The van der Waals surface area contributed by atoms with Crippen molar-refractivity contribution in [1.29, 1.82) is 0 Å². The van der Waals surface area contributed by atoms with Crippen LogP contribution in [-0.4, -0.2) is 31.6 Å². The predicted octanol–water partition coefficient (Wildman–Crippen LogP) is 3.07. The van der Waals surface area contributed by atoms with Crippen LogP contribution in [0.4, 0.5) is 0 Å². The number of carbonyl (C=O) groups is 2. The standard InChI is InChI=1S/C16H22BrNO4/c1-13(19)18-9-4-2-3-8-16(20)22-11-10-21-15-7-5-6-14(17)12-15/h5-7,12H,2-4,8-11H2,1H3,(H,18,19). The van der Waals surface area contributed by atoms with E-state index in [1.54, 1.807) is 0 Å². The lowest BCUT2D eigenvalue weighted by molar-refractivity contribution is -0.144. The van der Waals surface area contributed by atoms with Crippen molar-refractivity contribution in [3.05, 3.63) is 28.7 Å². The second-order valence-corrected chi connectivity index (χ2v) is 5.74. The number of hydrogen-bond acceptors (Lipinski definition) is 4. The molecule has 6 heteroatoms. The molecule has 0 aromatic heterocycles. The second-order valence-electron chi connectivity index (χ2n) is 4.82. The Morgan fingerprint density at radius 2 is 2.00 bits per heavy atom. The molecule has 0 radical (unpaired) electrons. The minimum atomic E-state index is -0.211. The first-order chi connectivity index (χ1) is 10.6. The summed E-state index contributed by atoms with van der Waals surface area (Å²) in [5.74, 6) is 0.505. The molecule has 1 N–H and O–H groups in total. The number of unbranched alkanes of at least 4 members (excludes halogenated alkanes) is 2. The van der Waals surface area contributed by atoms with Crippen molar-refractivity contribution in [3.8, 4) is 5.75 Å². The second kappa shape index (κ2) is 11.1. The molecule has 1 rings (SSSR count). The van der Waals surface area contributed by atoms with Crippen LogP contribution in [-0.2, 0) is 14.3 Å². The maximum atomic E-state index is 11.5. The van der Waals surface area contributed by atoms with Crippen LogP contribution in [0, 0.1) is 0 Å². The number of esters is 1. The molecule has 1 aromatic carbocycles. The van der Waals surface area contributed by atoms with Gasteiger partial charge >= 0.3 is 5.97 Å². The molecule has 0 aliphatic rings. The Labute approximate surface area is 139 Å². The number of carbonyl (C=O) groups excluding carboxylic acids is 2. The highest BCUT2D eigenvalue weighted by Gasteiger charge is 2.03. The number of halogens is 1. The number of rotatable bonds is 10. The highest BCUT2D eigenvalue weighted by molar-refractivity contribution is 9.10. The first-order valence-electron chi connectivity index (χ1n) is 7.36. The van der Waals surface area contributed by atoms with Crippen molar-refractivity contribution in [2.75, 3.05) is 19.8 Å². The predicted molar refractivity (Wildman–Crippen MR) is 87.7 cm³/mol. The number of benzene rings is 1. The molecule has 0 spiro atoms. The third kappa shape index (κ3) is 9.39. The van der Waals surface area contributed by atoms with Crippen LogP contribution in [0.3, 0.4) is 0 Å². The summed E-state index contributed by atoms with van der Waals surface area (Å²) in [5, 5.41) is 2.72. The summed E-state index contributed by atoms with van der Waals surface area (Å²) in [5.41, 5.74) is 0. The lowest BCUT2D eigenvalue weighted by Crippen LogP contribution is -2.20. The molecular formula is C16H22BrNO4. The normalized spacial score (nSPS) is 10.1. The van der Waals surface area contributed by atoms with E-state index in [-0.39, 0.29) is 18.5 Å². The van der Waals surface area contributed by atoms with Crippen molar-refractivity contribution >= 4 is 27.8 Å². The maximum Gasteiger partial charge on any atom is 0.305 e. The monoisotopic (exact) mass is 371 g/mol. The zero-order valence-corrected chi connectivity index (χ0v) is 14.4. The largest absolute Gasteiger partial charge is 0.490 e. The van der Waals surface area contributed by atoms with Crippen molar-refractivity contribution in [3.63, 3.8) is 0 Å². The number of ether oxygens (including phenoxy) is 2. The third-order valence-corrected chi connectivity index (χ3v) is 3.34. The minimum Gasteiger partial charge on any atom is -0.490 e.